The van der Waals surface area contributed by atoms with Crippen LogP contribution < -0.4 is 5.32 Å². The van der Waals surface area contributed by atoms with Crippen molar-refractivity contribution in [2.75, 3.05) is 6.54 Å². The standard InChI is InChI=1S/C13H11F3N4O/c14-13(15,16)9-6-17-7-19-11(9)20-5-3-8-2-1-4-18-12(21)10(8)20/h3,5-7H,1-2,4H2,(H,18,21). The zero-order valence-corrected chi connectivity index (χ0v) is 10.8. The maximum absolute atomic E-state index is 13.1. The van der Waals surface area contributed by atoms with Gasteiger partial charge in [-0.3, -0.25) is 9.36 Å². The lowest BCUT2D eigenvalue weighted by Gasteiger charge is -2.14. The SMILES string of the molecule is O=C1NCCCc2ccn(-c3ncncc3C(F)(F)F)c21. The molecule has 1 aliphatic rings. The van der Waals surface area contributed by atoms with E-state index in [4.69, 9.17) is 0 Å². The number of nitrogens with zero attached hydrogens (tertiary/aromatic N) is 3. The molecule has 0 aromatic carbocycles. The Kier molecular flexibility index (Phi) is 3.15. The molecule has 0 atom stereocenters. The summed E-state index contributed by atoms with van der Waals surface area (Å²) in [6.45, 7) is 0.503. The van der Waals surface area contributed by atoms with E-state index >= 15 is 0 Å². The Morgan fingerprint density at radius 1 is 1.33 bits per heavy atom. The van der Waals surface area contributed by atoms with Crippen LogP contribution in [0.5, 0.6) is 0 Å². The average Bonchev–Trinajstić information content (AvgIpc) is 2.78. The summed E-state index contributed by atoms with van der Waals surface area (Å²) < 4.78 is 40.3. The third kappa shape index (κ3) is 2.37. The van der Waals surface area contributed by atoms with Crippen LogP contribution in [-0.2, 0) is 12.6 Å². The molecule has 0 saturated carbocycles. The number of halogens is 3. The molecule has 1 aliphatic heterocycles. The minimum atomic E-state index is -4.59. The molecule has 5 nitrogen and oxygen atoms in total. The zero-order valence-electron chi connectivity index (χ0n) is 10.8. The van der Waals surface area contributed by atoms with Crippen LogP contribution in [0.1, 0.15) is 28.0 Å². The number of hydrogen-bond donors (Lipinski definition) is 1. The molecule has 0 spiro atoms. The normalized spacial score (nSPS) is 15.3. The molecule has 2 aromatic heterocycles. The highest BCUT2D eigenvalue weighted by atomic mass is 19.4. The first-order valence-corrected chi connectivity index (χ1v) is 6.34. The smallest absolute Gasteiger partial charge is 0.351 e. The zero-order chi connectivity index (χ0) is 15.0. The summed E-state index contributed by atoms with van der Waals surface area (Å²) in [5, 5.41) is 2.67. The largest absolute Gasteiger partial charge is 0.421 e. The lowest BCUT2D eigenvalue weighted by molar-refractivity contribution is -0.138. The van der Waals surface area contributed by atoms with Crippen molar-refractivity contribution in [2.45, 2.75) is 19.0 Å². The fraction of sp³-hybridized carbons (Fsp3) is 0.308. The summed E-state index contributed by atoms with van der Waals surface area (Å²) in [4.78, 5) is 19.2. The summed E-state index contributed by atoms with van der Waals surface area (Å²) in [6, 6.07) is 1.66. The molecule has 8 heteroatoms. The fourth-order valence-electron chi connectivity index (χ4n) is 2.39. The van der Waals surface area contributed by atoms with Gasteiger partial charge in [-0.1, -0.05) is 0 Å². The first-order valence-electron chi connectivity index (χ1n) is 6.34. The van der Waals surface area contributed by atoms with Crippen molar-refractivity contribution in [1.82, 2.24) is 19.9 Å². The third-order valence-corrected chi connectivity index (χ3v) is 3.32. The van der Waals surface area contributed by atoms with Crippen molar-refractivity contribution in [3.05, 3.63) is 41.6 Å². The summed E-state index contributed by atoms with van der Waals surface area (Å²) in [6.07, 6.45) is -0.0246. The second-order valence-corrected chi connectivity index (χ2v) is 4.68. The van der Waals surface area contributed by atoms with Crippen molar-refractivity contribution in [2.24, 2.45) is 0 Å². The average molecular weight is 296 g/mol. The molecule has 1 N–H and O–H groups in total. The number of rotatable bonds is 1. The molecular formula is C13H11F3N4O. The van der Waals surface area contributed by atoms with Gasteiger partial charge < -0.3 is 5.32 Å². The maximum Gasteiger partial charge on any atom is 0.421 e. The number of alkyl halides is 3. The number of nitrogens with one attached hydrogen (secondary N) is 1. The van der Waals surface area contributed by atoms with Gasteiger partial charge in [0.2, 0.25) is 0 Å². The Morgan fingerprint density at radius 2 is 2.14 bits per heavy atom. The Hall–Kier alpha value is -2.38. The lowest BCUT2D eigenvalue weighted by atomic mass is 10.1. The van der Waals surface area contributed by atoms with Crippen molar-refractivity contribution >= 4 is 5.91 Å². The van der Waals surface area contributed by atoms with E-state index in [1.165, 1.54) is 10.8 Å². The van der Waals surface area contributed by atoms with E-state index < -0.39 is 11.7 Å². The number of aryl methyl sites for hydroxylation is 1. The van der Waals surface area contributed by atoms with Gasteiger partial charge in [-0.05, 0) is 24.5 Å². The summed E-state index contributed by atoms with van der Waals surface area (Å²) >= 11 is 0. The van der Waals surface area contributed by atoms with Gasteiger partial charge in [0.05, 0.1) is 0 Å². The molecule has 0 unspecified atom stereocenters. The summed E-state index contributed by atoms with van der Waals surface area (Å²) in [7, 11) is 0. The van der Waals surface area contributed by atoms with Crippen LogP contribution in [0, 0.1) is 0 Å². The van der Waals surface area contributed by atoms with E-state index in [0.717, 1.165) is 18.3 Å². The van der Waals surface area contributed by atoms with Crippen LogP contribution in [0.25, 0.3) is 5.82 Å². The predicted molar refractivity (Wildman–Crippen MR) is 67.0 cm³/mol. The van der Waals surface area contributed by atoms with Crippen LogP contribution >= 0.6 is 0 Å². The molecule has 3 rings (SSSR count). The van der Waals surface area contributed by atoms with Crippen LogP contribution in [0.15, 0.2) is 24.8 Å². The quantitative estimate of drug-likeness (QED) is 0.875. The van der Waals surface area contributed by atoms with Gasteiger partial charge in [-0.25, -0.2) is 9.97 Å². The highest BCUT2D eigenvalue weighted by molar-refractivity contribution is 5.95. The van der Waals surface area contributed by atoms with Crippen molar-refractivity contribution in [3.63, 3.8) is 0 Å². The number of aromatic nitrogens is 3. The monoisotopic (exact) mass is 296 g/mol. The minimum absolute atomic E-state index is 0.205. The van der Waals surface area contributed by atoms with Gasteiger partial charge in [0.1, 0.15) is 17.6 Å². The molecular weight excluding hydrogens is 285 g/mol. The molecule has 0 aliphatic carbocycles. The van der Waals surface area contributed by atoms with Gasteiger partial charge in [-0.2, -0.15) is 13.2 Å². The maximum atomic E-state index is 13.1. The Morgan fingerprint density at radius 3 is 2.90 bits per heavy atom. The molecule has 0 radical (unpaired) electrons. The summed E-state index contributed by atoms with van der Waals surface area (Å²) in [5.41, 5.74) is -0.0473. The first-order chi connectivity index (χ1) is 9.98. The molecule has 0 fully saturated rings. The predicted octanol–water partition coefficient (Wildman–Crippen LogP) is 1.96. The van der Waals surface area contributed by atoms with E-state index in [0.29, 0.717) is 19.2 Å². The minimum Gasteiger partial charge on any atom is -0.351 e. The number of amides is 1. The van der Waals surface area contributed by atoms with E-state index in [1.807, 2.05) is 0 Å². The molecule has 1 amide bonds. The molecule has 21 heavy (non-hydrogen) atoms. The van der Waals surface area contributed by atoms with E-state index in [2.05, 4.69) is 15.3 Å². The van der Waals surface area contributed by atoms with Crippen LogP contribution in [-0.4, -0.2) is 27.0 Å². The van der Waals surface area contributed by atoms with Crippen molar-refractivity contribution < 1.29 is 18.0 Å². The number of carbonyl (C=O) groups excluding carboxylic acids is 1. The van der Waals surface area contributed by atoms with Crippen molar-refractivity contribution in [1.29, 1.82) is 0 Å². The molecule has 0 bridgehead atoms. The number of carbonyl (C=O) groups is 1. The molecule has 110 valence electrons. The van der Waals surface area contributed by atoms with Gasteiger partial charge in [0.15, 0.2) is 5.82 Å². The Labute approximate surface area is 117 Å². The first kappa shape index (κ1) is 13.6. The topological polar surface area (TPSA) is 59.8 Å². The van der Waals surface area contributed by atoms with E-state index in [1.54, 1.807) is 6.07 Å². The van der Waals surface area contributed by atoms with Crippen LogP contribution in [0.3, 0.4) is 0 Å². The van der Waals surface area contributed by atoms with Crippen molar-refractivity contribution in [3.8, 4) is 5.82 Å². The molecule has 0 saturated heterocycles. The van der Waals surface area contributed by atoms with Crippen LogP contribution in [0.4, 0.5) is 13.2 Å². The Bertz CT molecular complexity index is 693. The van der Waals surface area contributed by atoms with E-state index in [9.17, 15) is 18.0 Å². The second kappa shape index (κ2) is 4.87. The third-order valence-electron chi connectivity index (χ3n) is 3.32. The fourth-order valence-corrected chi connectivity index (χ4v) is 2.39. The highest BCUT2D eigenvalue weighted by Crippen LogP contribution is 2.33. The molecule has 2 aromatic rings. The van der Waals surface area contributed by atoms with Gasteiger partial charge >= 0.3 is 6.18 Å². The lowest BCUT2D eigenvalue weighted by Crippen LogP contribution is -2.26. The molecule has 3 heterocycles. The highest BCUT2D eigenvalue weighted by Gasteiger charge is 2.36. The van der Waals surface area contributed by atoms with Crippen LogP contribution in [0.2, 0.25) is 0 Å². The second-order valence-electron chi connectivity index (χ2n) is 4.68. The summed E-state index contributed by atoms with van der Waals surface area (Å²) in [5.74, 6) is -0.727. The van der Waals surface area contributed by atoms with Gasteiger partial charge in [-0.15, -0.1) is 0 Å². The number of hydrogen-bond acceptors (Lipinski definition) is 3. The van der Waals surface area contributed by atoms with Gasteiger partial charge in [0.25, 0.3) is 5.91 Å². The van der Waals surface area contributed by atoms with E-state index in [-0.39, 0.29) is 17.4 Å². The Balaban J connectivity index is 2.19. The van der Waals surface area contributed by atoms with Gasteiger partial charge in [0, 0.05) is 18.9 Å². The number of fused-ring (bicyclic) bond motifs is 1.